The highest BCUT2D eigenvalue weighted by Gasteiger charge is 2.50. The Balaban J connectivity index is 1.77. The van der Waals surface area contributed by atoms with E-state index in [1.165, 1.54) is 31.2 Å². The summed E-state index contributed by atoms with van der Waals surface area (Å²) in [5, 5.41) is 14.8. The van der Waals surface area contributed by atoms with Gasteiger partial charge in [0, 0.05) is 21.3 Å². The van der Waals surface area contributed by atoms with Crippen LogP contribution in [0.4, 0.5) is 10.5 Å². The first kappa shape index (κ1) is 20.9. The summed E-state index contributed by atoms with van der Waals surface area (Å²) in [5.41, 5.74) is -0.482. The lowest BCUT2D eigenvalue weighted by Crippen LogP contribution is -2.42. The van der Waals surface area contributed by atoms with Crippen molar-refractivity contribution in [2.24, 2.45) is 0 Å². The van der Waals surface area contributed by atoms with E-state index in [9.17, 15) is 14.4 Å². The predicted octanol–water partition coefficient (Wildman–Crippen LogP) is 3.92. The van der Waals surface area contributed by atoms with Crippen LogP contribution >= 0.6 is 34.8 Å². The standard InChI is InChI=1S/C19H13Cl3N4O3/c1-19(13-5-3-11(20)6-15(13)22)17(28)26(18(29)25-19)9-16(27)24-12-4-2-10(8-23)14(21)7-12/h2-7H,9H2,1H3,(H,24,27)(H,25,29). The number of hydrogen-bond donors (Lipinski definition) is 2. The fraction of sp³-hybridized carbons (Fsp3) is 0.158. The SMILES string of the molecule is CC1(c2ccc(Cl)cc2Cl)NC(=O)N(CC(=O)Nc2ccc(C#N)c(Cl)c2)C1=O. The van der Waals surface area contributed by atoms with Crippen LogP contribution < -0.4 is 10.6 Å². The number of nitrogens with one attached hydrogen (secondary N) is 2. The van der Waals surface area contributed by atoms with Crippen molar-refractivity contribution in [2.45, 2.75) is 12.5 Å². The van der Waals surface area contributed by atoms with E-state index in [2.05, 4.69) is 10.6 Å². The van der Waals surface area contributed by atoms with E-state index in [-0.39, 0.29) is 15.6 Å². The van der Waals surface area contributed by atoms with Crippen molar-refractivity contribution in [3.63, 3.8) is 0 Å². The molecule has 1 heterocycles. The minimum Gasteiger partial charge on any atom is -0.324 e. The monoisotopic (exact) mass is 450 g/mol. The van der Waals surface area contributed by atoms with Gasteiger partial charge in [-0.25, -0.2) is 4.79 Å². The van der Waals surface area contributed by atoms with Crippen LogP contribution in [-0.4, -0.2) is 29.3 Å². The molecule has 148 valence electrons. The van der Waals surface area contributed by atoms with Gasteiger partial charge >= 0.3 is 6.03 Å². The lowest BCUT2D eigenvalue weighted by molar-refractivity contribution is -0.133. The molecule has 1 saturated heterocycles. The van der Waals surface area contributed by atoms with Gasteiger partial charge in [-0.3, -0.25) is 14.5 Å². The molecule has 1 atom stereocenters. The quantitative estimate of drug-likeness (QED) is 0.688. The zero-order chi connectivity index (χ0) is 21.3. The minimum absolute atomic E-state index is 0.172. The fourth-order valence-electron chi connectivity index (χ4n) is 2.95. The third kappa shape index (κ3) is 4.01. The molecule has 0 radical (unpaired) electrons. The summed E-state index contributed by atoms with van der Waals surface area (Å²) in [4.78, 5) is 38.4. The van der Waals surface area contributed by atoms with Crippen LogP contribution in [-0.2, 0) is 15.1 Å². The number of urea groups is 1. The van der Waals surface area contributed by atoms with Crippen molar-refractivity contribution in [2.75, 3.05) is 11.9 Å². The van der Waals surface area contributed by atoms with Gasteiger partial charge in [-0.1, -0.05) is 40.9 Å². The van der Waals surface area contributed by atoms with Crippen LogP contribution in [0.5, 0.6) is 0 Å². The topological polar surface area (TPSA) is 102 Å². The van der Waals surface area contributed by atoms with E-state index in [4.69, 9.17) is 40.1 Å². The van der Waals surface area contributed by atoms with Crippen molar-refractivity contribution in [3.05, 3.63) is 62.6 Å². The number of halogens is 3. The van der Waals surface area contributed by atoms with Crippen molar-refractivity contribution >= 4 is 58.3 Å². The average Bonchev–Trinajstić information content (AvgIpc) is 2.85. The number of benzene rings is 2. The summed E-state index contributed by atoms with van der Waals surface area (Å²) < 4.78 is 0. The summed E-state index contributed by atoms with van der Waals surface area (Å²) in [6.45, 7) is 0.990. The molecular weight excluding hydrogens is 439 g/mol. The Hall–Kier alpha value is -2.79. The maximum atomic E-state index is 12.9. The fourth-order valence-corrected chi connectivity index (χ4v) is 3.77. The summed E-state index contributed by atoms with van der Waals surface area (Å²) in [5.74, 6) is -1.24. The third-order valence-corrected chi connectivity index (χ3v) is 5.28. The first-order chi connectivity index (χ1) is 13.7. The van der Waals surface area contributed by atoms with Gasteiger partial charge in [0.1, 0.15) is 18.2 Å². The average molecular weight is 452 g/mol. The van der Waals surface area contributed by atoms with Gasteiger partial charge in [0.25, 0.3) is 5.91 Å². The number of carbonyl (C=O) groups excluding carboxylic acids is 3. The molecule has 1 unspecified atom stereocenters. The number of hydrogen-bond acceptors (Lipinski definition) is 4. The number of nitriles is 1. The number of amides is 4. The molecule has 1 fully saturated rings. The molecule has 2 aromatic rings. The van der Waals surface area contributed by atoms with Crippen molar-refractivity contribution in [1.29, 1.82) is 5.26 Å². The highest BCUT2D eigenvalue weighted by molar-refractivity contribution is 6.35. The largest absolute Gasteiger partial charge is 0.325 e. The minimum atomic E-state index is -1.43. The first-order valence-electron chi connectivity index (χ1n) is 8.25. The molecule has 10 heteroatoms. The van der Waals surface area contributed by atoms with Gasteiger partial charge in [0.2, 0.25) is 5.91 Å². The van der Waals surface area contributed by atoms with Crippen molar-refractivity contribution in [1.82, 2.24) is 10.2 Å². The lowest BCUT2D eigenvalue weighted by atomic mass is 9.92. The normalized spacial score (nSPS) is 18.4. The number of carbonyl (C=O) groups is 3. The van der Waals surface area contributed by atoms with Crippen LogP contribution in [0.2, 0.25) is 15.1 Å². The van der Waals surface area contributed by atoms with E-state index in [1.54, 1.807) is 12.1 Å². The van der Waals surface area contributed by atoms with Gasteiger partial charge in [0.15, 0.2) is 0 Å². The highest BCUT2D eigenvalue weighted by Crippen LogP contribution is 2.35. The Morgan fingerprint density at radius 2 is 1.90 bits per heavy atom. The first-order valence-corrected chi connectivity index (χ1v) is 9.38. The molecule has 1 aliphatic rings. The second kappa shape index (κ2) is 7.91. The number of imide groups is 1. The molecular formula is C19H13Cl3N4O3. The molecule has 3 rings (SSSR count). The van der Waals surface area contributed by atoms with Gasteiger partial charge in [-0.15, -0.1) is 0 Å². The van der Waals surface area contributed by atoms with Crippen LogP contribution in [0.1, 0.15) is 18.1 Å². The van der Waals surface area contributed by atoms with E-state index in [1.807, 2.05) is 6.07 Å². The van der Waals surface area contributed by atoms with Gasteiger partial charge in [-0.2, -0.15) is 5.26 Å². The Kier molecular flexibility index (Phi) is 5.71. The van der Waals surface area contributed by atoms with Gasteiger partial charge in [-0.05, 0) is 37.3 Å². The van der Waals surface area contributed by atoms with Crippen molar-refractivity contribution < 1.29 is 14.4 Å². The molecule has 7 nitrogen and oxygen atoms in total. The van der Waals surface area contributed by atoms with E-state index in [0.717, 1.165) is 4.90 Å². The molecule has 2 N–H and O–H groups in total. The molecule has 4 amide bonds. The summed E-state index contributed by atoms with van der Waals surface area (Å²) >= 11 is 18.0. The van der Waals surface area contributed by atoms with Crippen LogP contribution in [0.25, 0.3) is 0 Å². The van der Waals surface area contributed by atoms with Gasteiger partial charge in [0.05, 0.1) is 10.6 Å². The van der Waals surface area contributed by atoms with Gasteiger partial charge < -0.3 is 10.6 Å². The number of anilines is 1. The second-order valence-electron chi connectivity index (χ2n) is 6.43. The summed E-state index contributed by atoms with van der Waals surface area (Å²) in [6.07, 6.45) is 0. The van der Waals surface area contributed by atoms with Crippen molar-refractivity contribution in [3.8, 4) is 6.07 Å². The molecule has 0 spiro atoms. The summed E-state index contributed by atoms with van der Waals surface area (Å²) in [7, 11) is 0. The predicted molar refractivity (Wildman–Crippen MR) is 109 cm³/mol. The molecule has 0 saturated carbocycles. The highest BCUT2D eigenvalue weighted by atomic mass is 35.5. The molecule has 2 aromatic carbocycles. The summed E-state index contributed by atoms with van der Waals surface area (Å²) in [6, 6.07) is 10.1. The smallest absolute Gasteiger partial charge is 0.324 e. The van der Waals surface area contributed by atoms with Crippen LogP contribution in [0.15, 0.2) is 36.4 Å². The Bertz CT molecular complexity index is 1080. The zero-order valence-electron chi connectivity index (χ0n) is 14.9. The van der Waals surface area contributed by atoms with E-state index < -0.39 is 29.9 Å². The second-order valence-corrected chi connectivity index (χ2v) is 7.68. The lowest BCUT2D eigenvalue weighted by Gasteiger charge is -2.23. The maximum absolute atomic E-state index is 12.9. The van der Waals surface area contributed by atoms with Crippen LogP contribution in [0, 0.1) is 11.3 Å². The Labute approximate surface area is 181 Å². The molecule has 29 heavy (non-hydrogen) atoms. The molecule has 0 aliphatic carbocycles. The van der Waals surface area contributed by atoms with E-state index >= 15 is 0 Å². The molecule has 0 bridgehead atoms. The number of nitrogens with zero attached hydrogens (tertiary/aromatic N) is 2. The van der Waals surface area contributed by atoms with E-state index in [0.29, 0.717) is 16.3 Å². The van der Waals surface area contributed by atoms with Crippen LogP contribution in [0.3, 0.4) is 0 Å². The molecule has 1 aliphatic heterocycles. The molecule has 0 aromatic heterocycles. The Morgan fingerprint density at radius 3 is 2.52 bits per heavy atom. The third-order valence-electron chi connectivity index (χ3n) is 4.42. The maximum Gasteiger partial charge on any atom is 0.325 e. The Morgan fingerprint density at radius 1 is 1.17 bits per heavy atom. The zero-order valence-corrected chi connectivity index (χ0v) is 17.2. The number of rotatable bonds is 4.